The van der Waals surface area contributed by atoms with E-state index in [4.69, 9.17) is 11.6 Å². The van der Waals surface area contributed by atoms with Crippen LogP contribution in [-0.2, 0) is 6.42 Å². The van der Waals surface area contributed by atoms with Gasteiger partial charge in [0.1, 0.15) is 0 Å². The lowest BCUT2D eigenvalue weighted by Crippen LogP contribution is -1.91. The lowest BCUT2D eigenvalue weighted by atomic mass is 10.1. The first kappa shape index (κ1) is 11.2. The van der Waals surface area contributed by atoms with Gasteiger partial charge in [0.25, 0.3) is 0 Å². The average Bonchev–Trinajstić information content (AvgIpc) is 2.76. The Hall–Kier alpha value is -1.87. The Morgan fingerprint density at radius 3 is 2.67 bits per heavy atom. The SMILES string of the molecule is Cc1cccn2nc(Cc3ccc(Cl)cc3)nc12. The van der Waals surface area contributed by atoms with E-state index < -0.39 is 0 Å². The van der Waals surface area contributed by atoms with E-state index in [-0.39, 0.29) is 0 Å². The zero-order valence-electron chi connectivity index (χ0n) is 9.97. The van der Waals surface area contributed by atoms with Gasteiger partial charge in [0.15, 0.2) is 11.5 Å². The summed E-state index contributed by atoms with van der Waals surface area (Å²) >= 11 is 5.86. The molecular weight excluding hydrogens is 246 g/mol. The molecule has 3 nitrogen and oxygen atoms in total. The Morgan fingerprint density at radius 2 is 1.94 bits per heavy atom. The van der Waals surface area contributed by atoms with E-state index in [2.05, 4.69) is 10.1 Å². The van der Waals surface area contributed by atoms with Gasteiger partial charge in [0.2, 0.25) is 0 Å². The molecule has 0 fully saturated rings. The average molecular weight is 258 g/mol. The monoisotopic (exact) mass is 257 g/mol. The second-order valence-electron chi connectivity index (χ2n) is 4.29. The standard InChI is InChI=1S/C14H12ClN3/c1-10-3-2-8-18-14(10)16-13(17-18)9-11-4-6-12(15)7-5-11/h2-8H,9H2,1H3. The molecule has 3 aromatic rings. The van der Waals surface area contributed by atoms with Gasteiger partial charge in [-0.05, 0) is 36.2 Å². The third-order valence-electron chi connectivity index (χ3n) is 2.88. The number of hydrogen-bond acceptors (Lipinski definition) is 2. The molecule has 0 radical (unpaired) electrons. The summed E-state index contributed by atoms with van der Waals surface area (Å²) in [6.45, 7) is 2.04. The Bertz CT molecular complexity index is 686. The molecule has 18 heavy (non-hydrogen) atoms. The number of fused-ring (bicyclic) bond motifs is 1. The van der Waals surface area contributed by atoms with Crippen molar-refractivity contribution in [1.29, 1.82) is 0 Å². The van der Waals surface area contributed by atoms with Crippen LogP contribution in [0.1, 0.15) is 17.0 Å². The summed E-state index contributed by atoms with van der Waals surface area (Å²) in [7, 11) is 0. The van der Waals surface area contributed by atoms with Gasteiger partial charge >= 0.3 is 0 Å². The van der Waals surface area contributed by atoms with Crippen LogP contribution in [0.5, 0.6) is 0 Å². The van der Waals surface area contributed by atoms with E-state index in [9.17, 15) is 0 Å². The fraction of sp³-hybridized carbons (Fsp3) is 0.143. The van der Waals surface area contributed by atoms with Crippen LogP contribution in [0, 0.1) is 6.92 Å². The first-order valence-corrected chi connectivity index (χ1v) is 6.15. The molecule has 2 aromatic heterocycles. The Balaban J connectivity index is 1.95. The van der Waals surface area contributed by atoms with Gasteiger partial charge in [0, 0.05) is 17.6 Å². The smallest absolute Gasteiger partial charge is 0.158 e. The van der Waals surface area contributed by atoms with E-state index in [0.717, 1.165) is 34.0 Å². The Labute approximate surface area is 110 Å². The summed E-state index contributed by atoms with van der Waals surface area (Å²) in [5.41, 5.74) is 3.21. The summed E-state index contributed by atoms with van der Waals surface area (Å²) in [5, 5.41) is 5.21. The zero-order chi connectivity index (χ0) is 12.5. The van der Waals surface area contributed by atoms with E-state index in [0.29, 0.717) is 0 Å². The summed E-state index contributed by atoms with van der Waals surface area (Å²) in [6, 6.07) is 11.8. The van der Waals surface area contributed by atoms with Crippen molar-refractivity contribution in [2.45, 2.75) is 13.3 Å². The maximum absolute atomic E-state index is 5.86. The minimum Gasteiger partial charge on any atom is -0.221 e. The predicted octanol–water partition coefficient (Wildman–Crippen LogP) is 3.28. The number of rotatable bonds is 2. The van der Waals surface area contributed by atoms with Crippen LogP contribution in [0.25, 0.3) is 5.65 Å². The molecule has 0 aliphatic carbocycles. The van der Waals surface area contributed by atoms with Crippen LogP contribution in [-0.4, -0.2) is 14.6 Å². The van der Waals surface area contributed by atoms with Gasteiger partial charge in [-0.25, -0.2) is 9.50 Å². The van der Waals surface area contributed by atoms with Crippen LogP contribution < -0.4 is 0 Å². The van der Waals surface area contributed by atoms with Gasteiger partial charge in [0.05, 0.1) is 0 Å². The lowest BCUT2D eigenvalue weighted by Gasteiger charge is -1.96. The number of aromatic nitrogens is 3. The highest BCUT2D eigenvalue weighted by Gasteiger charge is 2.06. The predicted molar refractivity (Wildman–Crippen MR) is 72.0 cm³/mol. The molecule has 4 heteroatoms. The van der Waals surface area contributed by atoms with Crippen molar-refractivity contribution >= 4 is 17.2 Å². The van der Waals surface area contributed by atoms with Crippen molar-refractivity contribution in [2.75, 3.05) is 0 Å². The van der Waals surface area contributed by atoms with Gasteiger partial charge in [-0.1, -0.05) is 29.8 Å². The first-order chi connectivity index (χ1) is 8.72. The first-order valence-electron chi connectivity index (χ1n) is 5.78. The zero-order valence-corrected chi connectivity index (χ0v) is 10.7. The third kappa shape index (κ3) is 2.09. The third-order valence-corrected chi connectivity index (χ3v) is 3.13. The van der Waals surface area contributed by atoms with Crippen molar-refractivity contribution < 1.29 is 0 Å². The minimum atomic E-state index is 0.721. The second kappa shape index (κ2) is 4.42. The number of aryl methyl sites for hydroxylation is 1. The number of benzene rings is 1. The highest BCUT2D eigenvalue weighted by molar-refractivity contribution is 6.30. The summed E-state index contributed by atoms with van der Waals surface area (Å²) in [6.07, 6.45) is 2.64. The van der Waals surface area contributed by atoms with Crippen LogP contribution in [0.4, 0.5) is 0 Å². The van der Waals surface area contributed by atoms with Gasteiger partial charge < -0.3 is 0 Å². The van der Waals surface area contributed by atoms with Crippen molar-refractivity contribution in [2.24, 2.45) is 0 Å². The number of hydrogen-bond donors (Lipinski definition) is 0. The maximum Gasteiger partial charge on any atom is 0.158 e. The summed E-state index contributed by atoms with van der Waals surface area (Å²) in [4.78, 5) is 4.55. The summed E-state index contributed by atoms with van der Waals surface area (Å²) in [5.74, 6) is 0.826. The molecule has 90 valence electrons. The molecule has 0 unspecified atom stereocenters. The molecule has 0 saturated heterocycles. The van der Waals surface area contributed by atoms with Crippen LogP contribution >= 0.6 is 11.6 Å². The number of nitrogens with zero attached hydrogens (tertiary/aromatic N) is 3. The minimum absolute atomic E-state index is 0.721. The molecule has 0 atom stereocenters. The van der Waals surface area contributed by atoms with E-state index in [1.807, 2.05) is 54.0 Å². The van der Waals surface area contributed by atoms with E-state index in [1.54, 1.807) is 0 Å². The maximum atomic E-state index is 5.86. The largest absolute Gasteiger partial charge is 0.221 e. The fourth-order valence-electron chi connectivity index (χ4n) is 1.94. The molecule has 2 heterocycles. The van der Waals surface area contributed by atoms with Gasteiger partial charge in [-0.2, -0.15) is 5.10 Å². The van der Waals surface area contributed by atoms with E-state index >= 15 is 0 Å². The Morgan fingerprint density at radius 1 is 1.17 bits per heavy atom. The van der Waals surface area contributed by atoms with Crippen LogP contribution in [0.2, 0.25) is 5.02 Å². The van der Waals surface area contributed by atoms with Crippen LogP contribution in [0.3, 0.4) is 0 Å². The lowest BCUT2D eigenvalue weighted by molar-refractivity contribution is 0.898. The molecule has 0 spiro atoms. The molecule has 3 rings (SSSR count). The highest BCUT2D eigenvalue weighted by Crippen LogP contribution is 2.13. The van der Waals surface area contributed by atoms with Crippen molar-refractivity contribution in [3.8, 4) is 0 Å². The Kier molecular flexibility index (Phi) is 2.76. The van der Waals surface area contributed by atoms with Crippen molar-refractivity contribution in [3.05, 3.63) is 64.6 Å². The van der Waals surface area contributed by atoms with Gasteiger partial charge in [-0.3, -0.25) is 0 Å². The van der Waals surface area contributed by atoms with E-state index in [1.165, 1.54) is 0 Å². The molecule has 0 aliphatic rings. The topological polar surface area (TPSA) is 30.2 Å². The highest BCUT2D eigenvalue weighted by atomic mass is 35.5. The normalized spacial score (nSPS) is 11.0. The summed E-state index contributed by atoms with van der Waals surface area (Å²) < 4.78 is 1.82. The number of halogens is 1. The van der Waals surface area contributed by atoms with Crippen molar-refractivity contribution in [3.63, 3.8) is 0 Å². The number of pyridine rings is 1. The molecule has 0 amide bonds. The second-order valence-corrected chi connectivity index (χ2v) is 4.73. The fourth-order valence-corrected chi connectivity index (χ4v) is 2.07. The molecule has 0 N–H and O–H groups in total. The van der Waals surface area contributed by atoms with Gasteiger partial charge in [-0.15, -0.1) is 0 Å². The molecule has 1 aromatic carbocycles. The van der Waals surface area contributed by atoms with Crippen LogP contribution in [0.15, 0.2) is 42.6 Å². The molecular formula is C14H12ClN3. The quantitative estimate of drug-likeness (QED) is 0.705. The molecule has 0 bridgehead atoms. The molecule has 0 aliphatic heterocycles. The molecule has 0 saturated carbocycles. The van der Waals surface area contributed by atoms with Crippen molar-refractivity contribution in [1.82, 2.24) is 14.6 Å².